The van der Waals surface area contributed by atoms with Gasteiger partial charge < -0.3 is 10.1 Å². The van der Waals surface area contributed by atoms with Gasteiger partial charge in [0.15, 0.2) is 0 Å². The monoisotopic (exact) mass is 348 g/mol. The summed E-state index contributed by atoms with van der Waals surface area (Å²) in [5.74, 6) is 0.373. The van der Waals surface area contributed by atoms with E-state index in [-0.39, 0.29) is 5.82 Å². The third-order valence-corrected chi connectivity index (χ3v) is 3.75. The highest BCUT2D eigenvalue weighted by Gasteiger charge is 2.08. The first-order valence-electron chi connectivity index (χ1n) is 6.31. The van der Waals surface area contributed by atoms with Crippen LogP contribution in [0, 0.1) is 24.1 Å². The second-order valence-corrected chi connectivity index (χ2v) is 5.43. The molecule has 0 amide bonds. The van der Waals surface area contributed by atoms with Crippen LogP contribution in [0.1, 0.15) is 16.7 Å². The fourth-order valence-corrected chi connectivity index (χ4v) is 2.47. The summed E-state index contributed by atoms with van der Waals surface area (Å²) in [6, 6.07) is 10.5. The van der Waals surface area contributed by atoms with Gasteiger partial charge in [0, 0.05) is 17.8 Å². The van der Waals surface area contributed by atoms with Gasteiger partial charge in [-0.05, 0) is 58.7 Å². The topological polar surface area (TPSA) is 45.0 Å². The maximum atomic E-state index is 13.6. The smallest absolute Gasteiger partial charge is 0.139 e. The Bertz CT molecular complexity index is 710. The van der Waals surface area contributed by atoms with E-state index < -0.39 is 0 Å². The fraction of sp³-hybridized carbons (Fsp3) is 0.188. The lowest BCUT2D eigenvalue weighted by Crippen LogP contribution is -2.04. The maximum absolute atomic E-state index is 13.6. The quantitative estimate of drug-likeness (QED) is 0.891. The van der Waals surface area contributed by atoms with Gasteiger partial charge >= 0.3 is 0 Å². The lowest BCUT2D eigenvalue weighted by atomic mass is 10.1. The van der Waals surface area contributed by atoms with E-state index in [1.165, 1.54) is 6.07 Å². The Hall–Kier alpha value is -2.06. The molecule has 5 heteroatoms. The number of nitriles is 1. The molecule has 1 N–H and O–H groups in total. The average molecular weight is 349 g/mol. The summed E-state index contributed by atoms with van der Waals surface area (Å²) >= 11 is 3.16. The van der Waals surface area contributed by atoms with Crippen LogP contribution in [-0.4, -0.2) is 7.11 Å². The minimum absolute atomic E-state index is 0.319. The van der Waals surface area contributed by atoms with E-state index in [0.29, 0.717) is 28.0 Å². The number of halogens is 2. The number of benzene rings is 2. The maximum Gasteiger partial charge on any atom is 0.139 e. The summed E-state index contributed by atoms with van der Waals surface area (Å²) < 4.78 is 19.3. The number of hydrogen-bond donors (Lipinski definition) is 1. The number of ether oxygens (including phenoxy) is 1. The van der Waals surface area contributed by atoms with Crippen molar-refractivity contribution in [2.24, 2.45) is 0 Å². The molecule has 0 spiro atoms. The SMILES string of the molecule is COc1ccc(C#N)cc1CNc1cc(F)c(Br)cc1C. The largest absolute Gasteiger partial charge is 0.496 e. The molecule has 0 aliphatic carbocycles. The molecular weight excluding hydrogens is 335 g/mol. The number of hydrogen-bond acceptors (Lipinski definition) is 3. The van der Waals surface area contributed by atoms with E-state index in [1.807, 2.05) is 6.92 Å². The molecule has 0 radical (unpaired) electrons. The van der Waals surface area contributed by atoms with E-state index in [4.69, 9.17) is 10.00 Å². The van der Waals surface area contributed by atoms with Crippen LogP contribution >= 0.6 is 15.9 Å². The van der Waals surface area contributed by atoms with Crippen LogP contribution < -0.4 is 10.1 Å². The molecule has 21 heavy (non-hydrogen) atoms. The Balaban J connectivity index is 2.24. The first-order chi connectivity index (χ1) is 10.0. The number of rotatable bonds is 4. The van der Waals surface area contributed by atoms with E-state index in [0.717, 1.165) is 11.1 Å². The van der Waals surface area contributed by atoms with E-state index in [2.05, 4.69) is 27.3 Å². The molecule has 0 atom stereocenters. The van der Waals surface area contributed by atoms with Crippen molar-refractivity contribution in [3.05, 3.63) is 57.3 Å². The molecule has 0 aliphatic heterocycles. The fourth-order valence-electron chi connectivity index (χ4n) is 2.01. The van der Waals surface area contributed by atoms with E-state index in [9.17, 15) is 4.39 Å². The molecule has 0 heterocycles. The summed E-state index contributed by atoms with van der Waals surface area (Å²) in [5.41, 5.74) is 3.05. The van der Waals surface area contributed by atoms with Crippen LogP contribution in [0.5, 0.6) is 5.75 Å². The highest BCUT2D eigenvalue weighted by molar-refractivity contribution is 9.10. The van der Waals surface area contributed by atoms with Crippen molar-refractivity contribution in [1.82, 2.24) is 0 Å². The molecule has 0 aromatic heterocycles. The number of aryl methyl sites for hydroxylation is 1. The third-order valence-electron chi connectivity index (χ3n) is 3.15. The Kier molecular flexibility index (Phi) is 4.81. The van der Waals surface area contributed by atoms with Crippen LogP contribution in [0.2, 0.25) is 0 Å². The first-order valence-corrected chi connectivity index (χ1v) is 7.11. The molecule has 0 saturated carbocycles. The van der Waals surface area contributed by atoms with Gasteiger partial charge in [-0.2, -0.15) is 5.26 Å². The van der Waals surface area contributed by atoms with Crippen LogP contribution in [0.4, 0.5) is 10.1 Å². The number of methoxy groups -OCH3 is 1. The van der Waals surface area contributed by atoms with Crippen molar-refractivity contribution in [2.45, 2.75) is 13.5 Å². The summed E-state index contributed by atoms with van der Waals surface area (Å²) in [4.78, 5) is 0. The predicted molar refractivity (Wildman–Crippen MR) is 83.9 cm³/mol. The zero-order chi connectivity index (χ0) is 15.4. The van der Waals surface area contributed by atoms with Crippen molar-refractivity contribution in [2.75, 3.05) is 12.4 Å². The van der Waals surface area contributed by atoms with Crippen LogP contribution in [0.25, 0.3) is 0 Å². The van der Waals surface area contributed by atoms with E-state index >= 15 is 0 Å². The van der Waals surface area contributed by atoms with Gasteiger partial charge in [0.25, 0.3) is 0 Å². The molecule has 0 unspecified atom stereocenters. The molecule has 0 bridgehead atoms. The predicted octanol–water partition coefficient (Wildman–Crippen LogP) is 4.39. The van der Waals surface area contributed by atoms with Crippen LogP contribution in [0.3, 0.4) is 0 Å². The molecule has 0 fully saturated rings. The highest BCUT2D eigenvalue weighted by Crippen LogP contribution is 2.26. The first kappa shape index (κ1) is 15.3. The zero-order valence-electron chi connectivity index (χ0n) is 11.7. The van der Waals surface area contributed by atoms with Crippen molar-refractivity contribution in [3.63, 3.8) is 0 Å². The number of nitrogens with zero attached hydrogens (tertiary/aromatic N) is 1. The van der Waals surface area contributed by atoms with Gasteiger partial charge in [0.1, 0.15) is 11.6 Å². The van der Waals surface area contributed by atoms with Crippen LogP contribution in [-0.2, 0) is 6.54 Å². The molecule has 108 valence electrons. The number of anilines is 1. The van der Waals surface area contributed by atoms with Crippen molar-refractivity contribution in [3.8, 4) is 11.8 Å². The molecule has 0 saturated heterocycles. The molecule has 0 aliphatic rings. The Morgan fingerprint density at radius 2 is 2.10 bits per heavy atom. The normalized spacial score (nSPS) is 10.0. The lowest BCUT2D eigenvalue weighted by molar-refractivity contribution is 0.410. The molecule has 2 aromatic carbocycles. The van der Waals surface area contributed by atoms with Crippen LogP contribution in [0.15, 0.2) is 34.8 Å². The summed E-state index contributed by atoms with van der Waals surface area (Å²) in [5, 5.41) is 12.1. The average Bonchev–Trinajstić information content (AvgIpc) is 2.49. The van der Waals surface area contributed by atoms with Gasteiger partial charge in [-0.15, -0.1) is 0 Å². The van der Waals surface area contributed by atoms with Gasteiger partial charge in [-0.3, -0.25) is 0 Å². The van der Waals surface area contributed by atoms with Crippen molar-refractivity contribution >= 4 is 21.6 Å². The zero-order valence-corrected chi connectivity index (χ0v) is 13.3. The van der Waals surface area contributed by atoms with Gasteiger partial charge in [-0.25, -0.2) is 4.39 Å². The Morgan fingerprint density at radius 3 is 2.76 bits per heavy atom. The molecule has 2 rings (SSSR count). The number of nitrogens with one attached hydrogen (secondary N) is 1. The minimum Gasteiger partial charge on any atom is -0.496 e. The third kappa shape index (κ3) is 3.53. The minimum atomic E-state index is -0.319. The molecular formula is C16H14BrFN2O. The van der Waals surface area contributed by atoms with Crippen molar-refractivity contribution < 1.29 is 9.13 Å². The summed E-state index contributed by atoms with van der Waals surface area (Å²) in [6.45, 7) is 2.34. The lowest BCUT2D eigenvalue weighted by Gasteiger charge is -2.13. The van der Waals surface area contributed by atoms with Gasteiger partial charge in [0.2, 0.25) is 0 Å². The summed E-state index contributed by atoms with van der Waals surface area (Å²) in [7, 11) is 1.58. The Labute approximate surface area is 131 Å². The highest BCUT2D eigenvalue weighted by atomic mass is 79.9. The summed E-state index contributed by atoms with van der Waals surface area (Å²) in [6.07, 6.45) is 0. The molecule has 2 aromatic rings. The van der Waals surface area contributed by atoms with E-state index in [1.54, 1.807) is 31.4 Å². The van der Waals surface area contributed by atoms with Gasteiger partial charge in [0.05, 0.1) is 23.2 Å². The van der Waals surface area contributed by atoms with Gasteiger partial charge in [-0.1, -0.05) is 0 Å². The standard InChI is InChI=1S/C16H14BrFN2O/c1-10-5-13(17)14(18)7-15(10)20-9-12-6-11(8-19)3-4-16(12)21-2/h3-7,20H,9H2,1-2H3. The second-order valence-electron chi connectivity index (χ2n) is 4.57. The second kappa shape index (κ2) is 6.59. The Morgan fingerprint density at radius 1 is 1.33 bits per heavy atom. The molecule has 3 nitrogen and oxygen atoms in total. The van der Waals surface area contributed by atoms with Crippen molar-refractivity contribution in [1.29, 1.82) is 5.26 Å².